The molecule has 1 heterocycles. The van der Waals surface area contributed by atoms with Crippen LogP contribution in [0.15, 0.2) is 54.0 Å². The zero-order valence-electron chi connectivity index (χ0n) is 14.3. The van der Waals surface area contributed by atoms with Gasteiger partial charge in [-0.15, -0.1) is 6.58 Å². The Morgan fingerprint density at radius 2 is 2.11 bits per heavy atom. The van der Waals surface area contributed by atoms with Gasteiger partial charge in [-0.05, 0) is 24.3 Å². The Morgan fingerprint density at radius 1 is 1.32 bits per heavy atom. The molecule has 0 N–H and O–H groups in total. The average molecular weight is 438 g/mol. The standard InChI is InChI=1S/C18H13Cl2N3O4S/c1-2-7-22-14-9-12(23(25)26)4-6-16(14)28-18(22)21-17(24)10-27-15-5-3-11(19)8-13(15)20/h2-6,8-9H,1,7,10H2. The fraction of sp³-hybridized carbons (Fsp3) is 0.111. The number of ether oxygens (including phenoxy) is 1. The quantitative estimate of drug-likeness (QED) is 0.320. The molecule has 0 bridgehead atoms. The maximum absolute atomic E-state index is 12.3. The van der Waals surface area contributed by atoms with Crippen molar-refractivity contribution in [3.8, 4) is 5.75 Å². The Labute approximate surface area is 173 Å². The Balaban J connectivity index is 1.91. The van der Waals surface area contributed by atoms with Gasteiger partial charge in [0.05, 0.1) is 20.2 Å². The van der Waals surface area contributed by atoms with Crippen molar-refractivity contribution in [2.45, 2.75) is 6.54 Å². The number of hydrogen-bond donors (Lipinski definition) is 0. The summed E-state index contributed by atoms with van der Waals surface area (Å²) < 4.78 is 7.85. The van der Waals surface area contributed by atoms with Gasteiger partial charge in [-0.1, -0.05) is 40.6 Å². The molecule has 1 amide bonds. The topological polar surface area (TPSA) is 86.7 Å². The van der Waals surface area contributed by atoms with Gasteiger partial charge in [-0.25, -0.2) is 0 Å². The number of halogens is 2. The summed E-state index contributed by atoms with van der Waals surface area (Å²) in [6.45, 7) is 3.71. The maximum Gasteiger partial charge on any atom is 0.286 e. The van der Waals surface area contributed by atoms with E-state index in [-0.39, 0.29) is 17.3 Å². The molecule has 3 aromatic rings. The molecule has 144 valence electrons. The number of nitrogens with zero attached hydrogens (tertiary/aromatic N) is 3. The molecule has 0 radical (unpaired) electrons. The predicted octanol–water partition coefficient (Wildman–Crippen LogP) is 4.61. The van der Waals surface area contributed by atoms with E-state index in [1.807, 2.05) is 0 Å². The predicted molar refractivity (Wildman–Crippen MR) is 109 cm³/mol. The number of allylic oxidation sites excluding steroid dienone is 1. The third-order valence-corrected chi connectivity index (χ3v) is 5.24. The molecule has 28 heavy (non-hydrogen) atoms. The van der Waals surface area contributed by atoms with Crippen molar-refractivity contribution in [1.82, 2.24) is 4.57 Å². The second-order valence-corrected chi connectivity index (χ2v) is 7.41. The van der Waals surface area contributed by atoms with E-state index in [9.17, 15) is 14.9 Å². The highest BCUT2D eigenvalue weighted by atomic mass is 35.5. The average Bonchev–Trinajstić information content (AvgIpc) is 2.97. The van der Waals surface area contributed by atoms with Crippen molar-refractivity contribution in [2.75, 3.05) is 6.61 Å². The Morgan fingerprint density at radius 3 is 2.79 bits per heavy atom. The Kier molecular flexibility index (Phi) is 6.13. The molecule has 0 spiro atoms. The van der Waals surface area contributed by atoms with Crippen molar-refractivity contribution < 1.29 is 14.5 Å². The van der Waals surface area contributed by atoms with Crippen molar-refractivity contribution in [3.05, 3.63) is 74.0 Å². The van der Waals surface area contributed by atoms with Gasteiger partial charge in [-0.2, -0.15) is 4.99 Å². The highest BCUT2D eigenvalue weighted by molar-refractivity contribution is 7.16. The summed E-state index contributed by atoms with van der Waals surface area (Å²) in [4.78, 5) is 27.3. The maximum atomic E-state index is 12.3. The third-order valence-electron chi connectivity index (χ3n) is 3.65. The summed E-state index contributed by atoms with van der Waals surface area (Å²) in [5.41, 5.74) is 0.564. The lowest BCUT2D eigenvalue weighted by atomic mass is 10.3. The lowest BCUT2D eigenvalue weighted by Gasteiger charge is -2.05. The van der Waals surface area contributed by atoms with Gasteiger partial charge < -0.3 is 9.30 Å². The molecular weight excluding hydrogens is 425 g/mol. The number of non-ortho nitro benzene ring substituents is 1. The minimum atomic E-state index is -0.523. The van der Waals surface area contributed by atoms with Crippen LogP contribution in [0.2, 0.25) is 10.0 Å². The van der Waals surface area contributed by atoms with Crippen LogP contribution >= 0.6 is 34.5 Å². The zero-order valence-corrected chi connectivity index (χ0v) is 16.6. The van der Waals surface area contributed by atoms with E-state index in [2.05, 4.69) is 11.6 Å². The number of carbonyl (C=O) groups is 1. The Hall–Kier alpha value is -2.68. The van der Waals surface area contributed by atoms with Crippen LogP contribution < -0.4 is 9.54 Å². The lowest BCUT2D eigenvalue weighted by molar-refractivity contribution is -0.384. The first-order chi connectivity index (χ1) is 13.4. The molecule has 3 rings (SSSR count). The Bertz CT molecular complexity index is 1150. The second kappa shape index (κ2) is 8.55. The van der Waals surface area contributed by atoms with E-state index in [1.54, 1.807) is 28.8 Å². The van der Waals surface area contributed by atoms with Gasteiger partial charge in [0, 0.05) is 23.7 Å². The smallest absolute Gasteiger partial charge is 0.286 e. The largest absolute Gasteiger partial charge is 0.482 e. The van der Waals surface area contributed by atoms with Crippen LogP contribution in [0.5, 0.6) is 5.75 Å². The van der Waals surface area contributed by atoms with Crippen LogP contribution in [-0.4, -0.2) is 22.0 Å². The second-order valence-electron chi connectivity index (χ2n) is 5.56. The summed E-state index contributed by atoms with van der Waals surface area (Å²) in [7, 11) is 0. The molecular formula is C18H13Cl2N3O4S. The van der Waals surface area contributed by atoms with E-state index < -0.39 is 10.8 Å². The third kappa shape index (κ3) is 4.41. The number of benzene rings is 2. The number of fused-ring (bicyclic) bond motifs is 1. The van der Waals surface area contributed by atoms with Gasteiger partial charge >= 0.3 is 0 Å². The number of hydrogen-bond acceptors (Lipinski definition) is 5. The van der Waals surface area contributed by atoms with Crippen LogP contribution in [0.3, 0.4) is 0 Å². The molecule has 10 heteroatoms. The molecule has 0 saturated carbocycles. The molecule has 0 aliphatic rings. The molecule has 0 aliphatic heterocycles. The van der Waals surface area contributed by atoms with Crippen LogP contribution in [-0.2, 0) is 11.3 Å². The van der Waals surface area contributed by atoms with Gasteiger partial charge in [0.2, 0.25) is 0 Å². The SMILES string of the molecule is C=CCn1c(=NC(=O)COc2ccc(Cl)cc2Cl)sc2ccc([N+](=O)[O-])cc21. The normalized spacial score (nSPS) is 11.6. The molecule has 0 unspecified atom stereocenters. The number of nitro groups is 1. The summed E-state index contributed by atoms with van der Waals surface area (Å²) in [6.07, 6.45) is 1.62. The highest BCUT2D eigenvalue weighted by Crippen LogP contribution is 2.27. The number of amides is 1. The van der Waals surface area contributed by atoms with Crippen molar-refractivity contribution in [3.63, 3.8) is 0 Å². The monoisotopic (exact) mass is 437 g/mol. The fourth-order valence-electron chi connectivity index (χ4n) is 2.43. The fourth-order valence-corrected chi connectivity index (χ4v) is 3.93. The molecule has 0 aliphatic carbocycles. The van der Waals surface area contributed by atoms with Crippen LogP contribution in [0.25, 0.3) is 10.2 Å². The first-order valence-electron chi connectivity index (χ1n) is 7.93. The number of nitro benzene ring substituents is 1. The van der Waals surface area contributed by atoms with Crippen LogP contribution in [0, 0.1) is 10.1 Å². The molecule has 0 atom stereocenters. The summed E-state index contributed by atoms with van der Waals surface area (Å²) >= 11 is 13.1. The van der Waals surface area contributed by atoms with Crippen molar-refractivity contribution >= 4 is 56.3 Å². The van der Waals surface area contributed by atoms with E-state index in [1.165, 1.54) is 29.5 Å². The summed E-state index contributed by atoms with van der Waals surface area (Å²) in [5, 5.41) is 11.8. The van der Waals surface area contributed by atoms with Crippen molar-refractivity contribution in [1.29, 1.82) is 0 Å². The van der Waals surface area contributed by atoms with Crippen LogP contribution in [0.4, 0.5) is 5.69 Å². The zero-order chi connectivity index (χ0) is 20.3. The summed E-state index contributed by atoms with van der Waals surface area (Å²) in [5.74, 6) is -0.203. The van der Waals surface area contributed by atoms with E-state index in [4.69, 9.17) is 27.9 Å². The van der Waals surface area contributed by atoms with E-state index in [0.717, 1.165) is 4.70 Å². The first kappa shape index (κ1) is 20.1. The first-order valence-corrected chi connectivity index (χ1v) is 9.50. The molecule has 0 saturated heterocycles. The number of carbonyl (C=O) groups excluding carboxylic acids is 1. The van der Waals surface area contributed by atoms with E-state index in [0.29, 0.717) is 27.6 Å². The lowest BCUT2D eigenvalue weighted by Crippen LogP contribution is -2.19. The van der Waals surface area contributed by atoms with Gasteiger partial charge in [0.1, 0.15) is 5.75 Å². The molecule has 7 nitrogen and oxygen atoms in total. The van der Waals surface area contributed by atoms with Gasteiger partial charge in [0.25, 0.3) is 11.6 Å². The van der Waals surface area contributed by atoms with Crippen molar-refractivity contribution in [2.24, 2.45) is 4.99 Å². The van der Waals surface area contributed by atoms with E-state index >= 15 is 0 Å². The molecule has 2 aromatic carbocycles. The van der Waals surface area contributed by atoms with Gasteiger partial charge in [0.15, 0.2) is 11.4 Å². The van der Waals surface area contributed by atoms with Gasteiger partial charge in [-0.3, -0.25) is 14.9 Å². The van der Waals surface area contributed by atoms with Crippen LogP contribution in [0.1, 0.15) is 0 Å². The summed E-state index contributed by atoms with van der Waals surface area (Å²) in [6, 6.07) is 9.16. The highest BCUT2D eigenvalue weighted by Gasteiger charge is 2.13. The number of aromatic nitrogens is 1. The number of rotatable bonds is 6. The minimum absolute atomic E-state index is 0.0401. The molecule has 1 aromatic heterocycles. The minimum Gasteiger partial charge on any atom is -0.482 e. The number of thiazole rings is 1. The molecule has 0 fully saturated rings.